The molecule has 0 saturated carbocycles. The first-order valence-electron chi connectivity index (χ1n) is 5.41. The lowest BCUT2D eigenvalue weighted by atomic mass is 10.2. The van der Waals surface area contributed by atoms with E-state index in [9.17, 15) is 9.90 Å². The second-order valence-electron chi connectivity index (χ2n) is 3.62. The van der Waals surface area contributed by atoms with Crippen LogP contribution >= 0.6 is 0 Å². The van der Waals surface area contributed by atoms with E-state index >= 15 is 0 Å². The van der Waals surface area contributed by atoms with Gasteiger partial charge >= 0.3 is 6.16 Å². The van der Waals surface area contributed by atoms with E-state index in [1.807, 2.05) is 30.3 Å². The summed E-state index contributed by atoms with van der Waals surface area (Å²) >= 11 is 0. The highest BCUT2D eigenvalue weighted by atomic mass is 16.7. The van der Waals surface area contributed by atoms with Crippen molar-refractivity contribution in [3.05, 3.63) is 60.2 Å². The van der Waals surface area contributed by atoms with Crippen LogP contribution < -0.4 is 4.74 Å². The van der Waals surface area contributed by atoms with Crippen LogP contribution in [0.4, 0.5) is 4.79 Å². The van der Waals surface area contributed by atoms with Crippen LogP contribution in [0.1, 0.15) is 5.56 Å². The van der Waals surface area contributed by atoms with Crippen molar-refractivity contribution in [1.29, 1.82) is 0 Å². The van der Waals surface area contributed by atoms with Gasteiger partial charge in [-0.25, -0.2) is 4.79 Å². The van der Waals surface area contributed by atoms with Gasteiger partial charge in [-0.15, -0.1) is 0 Å². The lowest BCUT2D eigenvalue weighted by Gasteiger charge is -2.06. The monoisotopic (exact) mass is 244 g/mol. The van der Waals surface area contributed by atoms with Crippen molar-refractivity contribution >= 4 is 6.16 Å². The number of rotatable bonds is 3. The zero-order valence-corrected chi connectivity index (χ0v) is 9.58. The summed E-state index contributed by atoms with van der Waals surface area (Å²) in [5, 5.41) is 9.20. The summed E-state index contributed by atoms with van der Waals surface area (Å²) in [6, 6.07) is 15.3. The van der Waals surface area contributed by atoms with E-state index in [0.717, 1.165) is 5.56 Å². The van der Waals surface area contributed by atoms with Gasteiger partial charge in [-0.05, 0) is 17.7 Å². The summed E-state index contributed by atoms with van der Waals surface area (Å²) in [5.41, 5.74) is 0.880. The lowest BCUT2D eigenvalue weighted by Crippen LogP contribution is -2.10. The van der Waals surface area contributed by atoms with E-state index in [-0.39, 0.29) is 18.1 Å². The average molecular weight is 244 g/mol. The van der Waals surface area contributed by atoms with Crippen molar-refractivity contribution in [3.63, 3.8) is 0 Å². The van der Waals surface area contributed by atoms with Crippen LogP contribution in [-0.4, -0.2) is 11.3 Å². The number of ether oxygens (including phenoxy) is 2. The van der Waals surface area contributed by atoms with Gasteiger partial charge in [0.2, 0.25) is 0 Å². The molecule has 0 radical (unpaired) electrons. The van der Waals surface area contributed by atoms with Crippen LogP contribution in [0.25, 0.3) is 0 Å². The second kappa shape index (κ2) is 5.72. The van der Waals surface area contributed by atoms with Crippen molar-refractivity contribution in [2.24, 2.45) is 0 Å². The zero-order chi connectivity index (χ0) is 12.8. The predicted octanol–water partition coefficient (Wildman–Crippen LogP) is 3.11. The molecule has 0 unspecified atom stereocenters. The topological polar surface area (TPSA) is 55.8 Å². The summed E-state index contributed by atoms with van der Waals surface area (Å²) in [7, 11) is 0. The van der Waals surface area contributed by atoms with Crippen LogP contribution in [0.15, 0.2) is 54.6 Å². The lowest BCUT2D eigenvalue weighted by molar-refractivity contribution is 0.0927. The third kappa shape index (κ3) is 3.52. The van der Waals surface area contributed by atoms with Gasteiger partial charge in [0, 0.05) is 6.07 Å². The molecule has 0 aliphatic heterocycles. The molecule has 0 saturated heterocycles. The number of hydrogen-bond acceptors (Lipinski definition) is 4. The van der Waals surface area contributed by atoms with Crippen LogP contribution in [0.3, 0.4) is 0 Å². The molecule has 0 fully saturated rings. The van der Waals surface area contributed by atoms with Crippen LogP contribution in [0, 0.1) is 0 Å². The molecule has 0 bridgehead atoms. The minimum absolute atomic E-state index is 0.0309. The third-order valence-corrected chi connectivity index (χ3v) is 2.22. The fourth-order valence-corrected chi connectivity index (χ4v) is 1.39. The smallest absolute Gasteiger partial charge is 0.508 e. The minimum atomic E-state index is -0.801. The first kappa shape index (κ1) is 12.0. The molecule has 4 nitrogen and oxygen atoms in total. The molecule has 0 aliphatic rings. The molecule has 2 aromatic rings. The molecule has 2 aromatic carbocycles. The molecular formula is C14H12O4. The van der Waals surface area contributed by atoms with Gasteiger partial charge in [-0.2, -0.15) is 0 Å². The largest absolute Gasteiger partial charge is 0.514 e. The van der Waals surface area contributed by atoms with E-state index in [2.05, 4.69) is 0 Å². The number of benzene rings is 2. The summed E-state index contributed by atoms with van der Waals surface area (Å²) in [4.78, 5) is 11.4. The van der Waals surface area contributed by atoms with Crippen molar-refractivity contribution in [3.8, 4) is 11.5 Å². The summed E-state index contributed by atoms with van der Waals surface area (Å²) in [5.74, 6) is 0.274. The van der Waals surface area contributed by atoms with E-state index < -0.39 is 6.16 Å². The Hall–Kier alpha value is -2.49. The number of phenols is 1. The highest BCUT2D eigenvalue weighted by molar-refractivity contribution is 5.64. The number of carbonyl (C=O) groups excluding carboxylic acids is 1. The zero-order valence-electron chi connectivity index (χ0n) is 9.58. The molecule has 0 aromatic heterocycles. The average Bonchev–Trinajstić information content (AvgIpc) is 2.38. The van der Waals surface area contributed by atoms with Gasteiger partial charge in [-0.1, -0.05) is 36.4 Å². The Bertz CT molecular complexity index is 522. The highest BCUT2D eigenvalue weighted by Crippen LogP contribution is 2.18. The Morgan fingerprint density at radius 2 is 1.83 bits per heavy atom. The van der Waals surface area contributed by atoms with Gasteiger partial charge in [0.1, 0.15) is 18.1 Å². The van der Waals surface area contributed by atoms with Crippen LogP contribution in [-0.2, 0) is 11.3 Å². The molecule has 0 heterocycles. The quantitative estimate of drug-likeness (QED) is 0.665. The third-order valence-electron chi connectivity index (χ3n) is 2.22. The Labute approximate surface area is 104 Å². The highest BCUT2D eigenvalue weighted by Gasteiger charge is 2.06. The second-order valence-corrected chi connectivity index (χ2v) is 3.62. The standard InChI is InChI=1S/C14H12O4/c15-12-7-4-8-13(9-12)18-14(16)17-10-11-5-2-1-3-6-11/h1-9,15H,10H2. The number of carbonyl (C=O) groups is 1. The predicted molar refractivity (Wildman–Crippen MR) is 65.4 cm³/mol. The van der Waals surface area contributed by atoms with Gasteiger partial charge in [-0.3, -0.25) is 0 Å². The molecular weight excluding hydrogens is 232 g/mol. The molecule has 4 heteroatoms. The van der Waals surface area contributed by atoms with Crippen molar-refractivity contribution in [2.45, 2.75) is 6.61 Å². The van der Waals surface area contributed by atoms with E-state index in [1.165, 1.54) is 12.1 Å². The van der Waals surface area contributed by atoms with Crippen molar-refractivity contribution in [1.82, 2.24) is 0 Å². The van der Waals surface area contributed by atoms with Gasteiger partial charge in [0.15, 0.2) is 0 Å². The Kier molecular flexibility index (Phi) is 3.81. The summed E-state index contributed by atoms with van der Waals surface area (Å²) in [6.45, 7) is 0.151. The van der Waals surface area contributed by atoms with Gasteiger partial charge in [0.05, 0.1) is 0 Å². The maximum absolute atomic E-state index is 11.4. The fourth-order valence-electron chi connectivity index (χ4n) is 1.39. The number of aromatic hydroxyl groups is 1. The normalized spacial score (nSPS) is 9.78. The molecule has 0 atom stereocenters. The molecule has 1 N–H and O–H groups in total. The molecule has 0 spiro atoms. The first-order valence-corrected chi connectivity index (χ1v) is 5.41. The van der Waals surface area contributed by atoms with Crippen LogP contribution in [0.2, 0.25) is 0 Å². The molecule has 18 heavy (non-hydrogen) atoms. The van der Waals surface area contributed by atoms with E-state index in [1.54, 1.807) is 12.1 Å². The Morgan fingerprint density at radius 1 is 1.06 bits per heavy atom. The van der Waals surface area contributed by atoms with Gasteiger partial charge < -0.3 is 14.6 Å². The molecule has 0 amide bonds. The first-order chi connectivity index (χ1) is 8.74. The minimum Gasteiger partial charge on any atom is -0.508 e. The van der Waals surface area contributed by atoms with Gasteiger partial charge in [0.25, 0.3) is 0 Å². The Morgan fingerprint density at radius 3 is 2.56 bits per heavy atom. The van der Waals surface area contributed by atoms with Crippen LogP contribution in [0.5, 0.6) is 11.5 Å². The van der Waals surface area contributed by atoms with Crippen molar-refractivity contribution < 1.29 is 19.4 Å². The molecule has 92 valence electrons. The maximum atomic E-state index is 11.4. The summed E-state index contributed by atoms with van der Waals surface area (Å²) in [6.07, 6.45) is -0.801. The molecule has 0 aliphatic carbocycles. The SMILES string of the molecule is O=C(OCc1ccccc1)Oc1cccc(O)c1. The molecule has 2 rings (SSSR count). The number of hydrogen-bond donors (Lipinski definition) is 1. The van der Waals surface area contributed by atoms with E-state index in [4.69, 9.17) is 9.47 Å². The Balaban J connectivity index is 1.86. The number of phenolic OH excluding ortho intramolecular Hbond substituents is 1. The van der Waals surface area contributed by atoms with Crippen molar-refractivity contribution in [2.75, 3.05) is 0 Å². The fraction of sp³-hybridized carbons (Fsp3) is 0.0714. The van der Waals surface area contributed by atoms with E-state index in [0.29, 0.717) is 0 Å². The maximum Gasteiger partial charge on any atom is 0.514 e. The summed E-state index contributed by atoms with van der Waals surface area (Å²) < 4.78 is 9.82.